The number of likely N-dealkylation sites (tertiary alicyclic amines) is 1. The molecule has 2 aromatic heterocycles. The summed E-state index contributed by atoms with van der Waals surface area (Å²) in [6.45, 7) is 7.79. The molecular formula is C42H52FN9O7. The molecule has 17 heteroatoms. The Labute approximate surface area is 342 Å². The van der Waals surface area contributed by atoms with Gasteiger partial charge in [-0.3, -0.25) is 24.5 Å². The fraction of sp³-hybridized carbons (Fsp3) is 0.500. The summed E-state index contributed by atoms with van der Waals surface area (Å²) in [5, 5.41) is 12.8. The molecule has 0 saturated carbocycles. The predicted molar refractivity (Wildman–Crippen MR) is 215 cm³/mol. The van der Waals surface area contributed by atoms with Gasteiger partial charge in [-0.25, -0.2) is 4.39 Å². The second-order valence-corrected chi connectivity index (χ2v) is 15.6. The van der Waals surface area contributed by atoms with E-state index in [4.69, 9.17) is 14.2 Å². The molecule has 3 aliphatic rings. The zero-order chi connectivity index (χ0) is 41.5. The van der Waals surface area contributed by atoms with E-state index in [1.807, 2.05) is 12.1 Å². The van der Waals surface area contributed by atoms with Crippen molar-refractivity contribution >= 4 is 40.9 Å². The lowest BCUT2D eigenvalue weighted by atomic mass is 10.00. The SMILES string of the molecule is CC(C)c1cnn2c(NCc3ccc(NC(=O)CCOCCOCCCc4cccc5c4CN(C4CCC(=O)NC4=O)C5=O)cc3F)nc(OC3CCN(C)CC3)nc12. The van der Waals surface area contributed by atoms with Gasteiger partial charge in [0.2, 0.25) is 23.7 Å². The molecule has 314 valence electrons. The summed E-state index contributed by atoms with van der Waals surface area (Å²) < 4.78 is 34.4. The van der Waals surface area contributed by atoms with Crippen molar-refractivity contribution in [2.45, 2.75) is 89.9 Å². The van der Waals surface area contributed by atoms with Crippen molar-refractivity contribution in [2.75, 3.05) is 57.2 Å². The lowest BCUT2D eigenvalue weighted by Crippen LogP contribution is -2.52. The number of imide groups is 1. The van der Waals surface area contributed by atoms with Gasteiger partial charge < -0.3 is 34.6 Å². The van der Waals surface area contributed by atoms with Gasteiger partial charge in [-0.1, -0.05) is 32.0 Å². The minimum atomic E-state index is -0.645. The summed E-state index contributed by atoms with van der Waals surface area (Å²) in [4.78, 5) is 62.7. The molecule has 5 heterocycles. The van der Waals surface area contributed by atoms with Crippen LogP contribution >= 0.6 is 0 Å². The van der Waals surface area contributed by atoms with Crippen molar-refractivity contribution in [1.29, 1.82) is 0 Å². The number of piperidine rings is 2. The van der Waals surface area contributed by atoms with Crippen molar-refractivity contribution in [1.82, 2.24) is 34.7 Å². The van der Waals surface area contributed by atoms with E-state index in [9.17, 15) is 19.2 Å². The molecule has 3 aliphatic heterocycles. The summed E-state index contributed by atoms with van der Waals surface area (Å²) >= 11 is 0. The van der Waals surface area contributed by atoms with Crippen LogP contribution in [-0.2, 0) is 43.4 Å². The number of anilines is 2. The fourth-order valence-corrected chi connectivity index (χ4v) is 7.60. The van der Waals surface area contributed by atoms with E-state index < -0.39 is 17.8 Å². The summed E-state index contributed by atoms with van der Waals surface area (Å²) in [5.41, 5.74) is 4.86. The Balaban J connectivity index is 0.806. The van der Waals surface area contributed by atoms with E-state index in [-0.39, 0.29) is 61.7 Å². The first-order valence-electron chi connectivity index (χ1n) is 20.4. The van der Waals surface area contributed by atoms with Crippen LogP contribution in [0.3, 0.4) is 0 Å². The van der Waals surface area contributed by atoms with Gasteiger partial charge in [0, 0.05) is 61.6 Å². The van der Waals surface area contributed by atoms with Gasteiger partial charge in [0.25, 0.3) is 5.91 Å². The molecule has 4 aromatic rings. The molecule has 2 fully saturated rings. The largest absolute Gasteiger partial charge is 0.460 e. The molecule has 2 saturated heterocycles. The number of carbonyl (C=O) groups is 4. The smallest absolute Gasteiger partial charge is 0.322 e. The van der Waals surface area contributed by atoms with Crippen LogP contribution in [0.2, 0.25) is 0 Å². The Bertz CT molecular complexity index is 2170. The van der Waals surface area contributed by atoms with E-state index in [0.29, 0.717) is 67.6 Å². The van der Waals surface area contributed by atoms with Crippen LogP contribution in [0.15, 0.2) is 42.6 Å². The molecule has 4 amide bonds. The second-order valence-electron chi connectivity index (χ2n) is 15.6. The normalized spacial score (nSPS) is 17.5. The number of hydrogen-bond donors (Lipinski definition) is 3. The Morgan fingerprint density at radius 3 is 2.56 bits per heavy atom. The van der Waals surface area contributed by atoms with Gasteiger partial charge in [-0.15, -0.1) is 0 Å². The third-order valence-corrected chi connectivity index (χ3v) is 11.0. The number of nitrogens with one attached hydrogen (secondary N) is 3. The minimum Gasteiger partial charge on any atom is -0.460 e. The molecule has 0 aliphatic carbocycles. The van der Waals surface area contributed by atoms with E-state index >= 15 is 4.39 Å². The van der Waals surface area contributed by atoms with Crippen molar-refractivity contribution in [3.63, 3.8) is 0 Å². The topological polar surface area (TPSA) is 182 Å². The van der Waals surface area contributed by atoms with E-state index in [1.54, 1.807) is 33.8 Å². The lowest BCUT2D eigenvalue weighted by Gasteiger charge is -2.29. The van der Waals surface area contributed by atoms with Crippen molar-refractivity contribution < 1.29 is 37.8 Å². The zero-order valence-electron chi connectivity index (χ0n) is 33.8. The van der Waals surface area contributed by atoms with Gasteiger partial charge in [-0.2, -0.15) is 19.6 Å². The van der Waals surface area contributed by atoms with Crippen LogP contribution in [0, 0.1) is 5.82 Å². The highest BCUT2D eigenvalue weighted by atomic mass is 19.1. The van der Waals surface area contributed by atoms with Crippen LogP contribution < -0.4 is 20.7 Å². The Morgan fingerprint density at radius 2 is 1.80 bits per heavy atom. The third-order valence-electron chi connectivity index (χ3n) is 11.0. The van der Waals surface area contributed by atoms with Gasteiger partial charge in [0.05, 0.1) is 32.4 Å². The number of fused-ring (bicyclic) bond motifs is 2. The van der Waals surface area contributed by atoms with Crippen LogP contribution in [0.5, 0.6) is 6.01 Å². The van der Waals surface area contributed by atoms with E-state index in [1.165, 1.54) is 6.07 Å². The Hall–Kier alpha value is -5.52. The molecule has 0 bridgehead atoms. The first-order valence-corrected chi connectivity index (χ1v) is 20.4. The Morgan fingerprint density at radius 1 is 1.00 bits per heavy atom. The number of carbonyl (C=O) groups excluding carboxylic acids is 4. The summed E-state index contributed by atoms with van der Waals surface area (Å²) in [5.74, 6) is -1.15. The number of halogens is 1. The molecule has 1 atom stereocenters. The number of rotatable bonds is 18. The molecule has 0 radical (unpaired) electrons. The van der Waals surface area contributed by atoms with Gasteiger partial charge in [-0.05, 0) is 74.4 Å². The van der Waals surface area contributed by atoms with Crippen molar-refractivity contribution in [2.24, 2.45) is 0 Å². The zero-order valence-corrected chi connectivity index (χ0v) is 33.8. The number of nitrogens with zero attached hydrogens (tertiary/aromatic N) is 6. The minimum absolute atomic E-state index is 0.0116. The molecule has 0 spiro atoms. The summed E-state index contributed by atoms with van der Waals surface area (Å²) in [6, 6.07) is 9.78. The molecule has 59 heavy (non-hydrogen) atoms. The monoisotopic (exact) mass is 813 g/mol. The highest BCUT2D eigenvalue weighted by Gasteiger charge is 2.39. The highest BCUT2D eigenvalue weighted by molar-refractivity contribution is 6.05. The maximum Gasteiger partial charge on any atom is 0.322 e. The Kier molecular flexibility index (Phi) is 13.4. The molecular weight excluding hydrogens is 762 g/mol. The average molecular weight is 814 g/mol. The van der Waals surface area contributed by atoms with Crippen LogP contribution in [0.1, 0.15) is 90.9 Å². The van der Waals surface area contributed by atoms with E-state index in [0.717, 1.165) is 49.0 Å². The number of amides is 4. The number of hydrogen-bond acceptors (Lipinski definition) is 12. The average Bonchev–Trinajstić information content (AvgIpc) is 3.79. The molecule has 3 N–H and O–H groups in total. The maximum atomic E-state index is 15.3. The van der Waals surface area contributed by atoms with Crippen LogP contribution in [-0.4, -0.2) is 112 Å². The second kappa shape index (κ2) is 19.0. The van der Waals surface area contributed by atoms with Crippen molar-refractivity contribution in [3.8, 4) is 6.01 Å². The lowest BCUT2D eigenvalue weighted by molar-refractivity contribution is -0.137. The van der Waals surface area contributed by atoms with Crippen molar-refractivity contribution in [3.05, 3.63) is 76.2 Å². The molecule has 1 unspecified atom stereocenters. The quantitative estimate of drug-likeness (QED) is 0.0963. The molecule has 2 aromatic carbocycles. The van der Waals surface area contributed by atoms with Gasteiger partial charge in [0.1, 0.15) is 18.0 Å². The number of ether oxygens (including phenoxy) is 3. The number of aromatic nitrogens is 4. The standard InChI is InChI=1S/C42H52FN9O7/c1-26(2)32-24-45-52-38(32)48-42(59-30-13-16-50(3)17-14-30)49-41(52)44-23-28-9-10-29(22-34(28)43)46-37(54)15-19-58-21-20-57-18-5-7-27-6-4-8-31-33(27)25-51(40(31)56)35-11-12-36(53)47-39(35)55/h4,6,8-10,22,24,26,30,35H,5,7,11-21,23,25H2,1-3H3,(H,46,54)(H,44,48,49)(H,47,53,55). The molecule has 7 rings (SSSR count). The first-order chi connectivity index (χ1) is 28.5. The number of aryl methyl sites for hydroxylation is 1. The summed E-state index contributed by atoms with van der Waals surface area (Å²) in [7, 11) is 2.09. The van der Waals surface area contributed by atoms with Crippen LogP contribution in [0.4, 0.5) is 16.0 Å². The van der Waals surface area contributed by atoms with Gasteiger partial charge in [0.15, 0.2) is 5.65 Å². The first kappa shape index (κ1) is 41.6. The molecule has 16 nitrogen and oxygen atoms in total. The fourth-order valence-electron chi connectivity index (χ4n) is 7.60. The number of benzene rings is 2. The summed E-state index contributed by atoms with van der Waals surface area (Å²) in [6.07, 6.45) is 5.59. The van der Waals surface area contributed by atoms with Crippen LogP contribution in [0.25, 0.3) is 5.65 Å². The van der Waals surface area contributed by atoms with E-state index in [2.05, 4.69) is 56.8 Å². The maximum absolute atomic E-state index is 15.3. The predicted octanol–water partition coefficient (Wildman–Crippen LogP) is 4.23. The third kappa shape index (κ3) is 10.2. The highest BCUT2D eigenvalue weighted by Crippen LogP contribution is 2.31. The van der Waals surface area contributed by atoms with Gasteiger partial charge >= 0.3 is 6.01 Å².